The summed E-state index contributed by atoms with van der Waals surface area (Å²) in [5.74, 6) is -0.399. The Bertz CT molecular complexity index is 1210. The predicted octanol–water partition coefficient (Wildman–Crippen LogP) is 2.69. The molecule has 0 saturated carbocycles. The molecule has 160 valence electrons. The molecule has 0 aliphatic heterocycles. The molecule has 8 nitrogen and oxygen atoms in total. The minimum Gasteiger partial charge on any atom is -0.325 e. The third kappa shape index (κ3) is 4.45. The van der Waals surface area contributed by atoms with E-state index < -0.39 is 15.9 Å². The van der Waals surface area contributed by atoms with E-state index in [2.05, 4.69) is 10.3 Å². The Labute approximate surface area is 179 Å². The number of thiophene rings is 1. The van der Waals surface area contributed by atoms with Gasteiger partial charge in [-0.2, -0.15) is 4.31 Å². The van der Waals surface area contributed by atoms with Gasteiger partial charge in [0.1, 0.15) is 11.4 Å². The maximum atomic E-state index is 12.6. The van der Waals surface area contributed by atoms with Gasteiger partial charge in [-0.15, -0.1) is 11.3 Å². The van der Waals surface area contributed by atoms with Crippen LogP contribution in [0.25, 0.3) is 10.2 Å². The number of nitrogens with zero attached hydrogens (tertiary/aromatic N) is 3. The fraction of sp³-hybridized carbons (Fsp3) is 0.350. The standard InChI is InChI=1S/C20H24N4O4S2/c1-4-15-11-17-19(29-15)21-13-23(20(17)26)12-18(25)22-14-7-9-16(10-8-14)30(27,28)24(5-2)6-3/h7-11,13H,4-6,12H2,1-3H3,(H,22,25). The molecule has 0 unspecified atom stereocenters. The van der Waals surface area contributed by atoms with E-state index >= 15 is 0 Å². The monoisotopic (exact) mass is 448 g/mol. The van der Waals surface area contributed by atoms with Gasteiger partial charge in [-0.25, -0.2) is 13.4 Å². The summed E-state index contributed by atoms with van der Waals surface area (Å²) in [5, 5.41) is 3.20. The second kappa shape index (κ2) is 9.07. The minimum atomic E-state index is -3.55. The average Bonchev–Trinajstić information content (AvgIpc) is 3.15. The largest absolute Gasteiger partial charge is 0.325 e. The van der Waals surface area contributed by atoms with Gasteiger partial charge in [-0.1, -0.05) is 20.8 Å². The first-order chi connectivity index (χ1) is 14.3. The molecule has 3 aromatic rings. The molecular formula is C20H24N4O4S2. The van der Waals surface area contributed by atoms with Crippen molar-refractivity contribution in [1.29, 1.82) is 0 Å². The maximum Gasteiger partial charge on any atom is 0.262 e. The summed E-state index contributed by atoms with van der Waals surface area (Å²) in [6, 6.07) is 7.80. The second-order valence-corrected chi connectivity index (χ2v) is 9.68. The van der Waals surface area contributed by atoms with E-state index in [9.17, 15) is 18.0 Å². The maximum absolute atomic E-state index is 12.6. The first kappa shape index (κ1) is 22.1. The number of hydrogen-bond donors (Lipinski definition) is 1. The molecule has 2 heterocycles. The van der Waals surface area contributed by atoms with Crippen LogP contribution < -0.4 is 10.9 Å². The van der Waals surface area contributed by atoms with Crippen LogP contribution >= 0.6 is 11.3 Å². The van der Waals surface area contributed by atoms with E-state index in [4.69, 9.17) is 0 Å². The Morgan fingerprint density at radius 2 is 1.83 bits per heavy atom. The summed E-state index contributed by atoms with van der Waals surface area (Å²) in [7, 11) is -3.55. The molecule has 3 rings (SSSR count). The van der Waals surface area contributed by atoms with Gasteiger partial charge >= 0.3 is 0 Å². The molecule has 0 saturated heterocycles. The van der Waals surface area contributed by atoms with Crippen LogP contribution in [0.1, 0.15) is 25.6 Å². The fourth-order valence-electron chi connectivity index (χ4n) is 3.07. The van der Waals surface area contributed by atoms with Crippen molar-refractivity contribution in [3.8, 4) is 0 Å². The van der Waals surface area contributed by atoms with Crippen LogP contribution in [0.2, 0.25) is 0 Å². The number of rotatable bonds is 8. The van der Waals surface area contributed by atoms with Crippen LogP contribution in [0.3, 0.4) is 0 Å². The summed E-state index contributed by atoms with van der Waals surface area (Å²) in [4.78, 5) is 31.2. The van der Waals surface area contributed by atoms with E-state index in [0.717, 1.165) is 11.3 Å². The van der Waals surface area contributed by atoms with Crippen molar-refractivity contribution in [2.45, 2.75) is 38.6 Å². The first-order valence-corrected chi connectivity index (χ1v) is 11.9. The van der Waals surface area contributed by atoms with Crippen LogP contribution in [0.15, 0.2) is 46.3 Å². The Kier molecular flexibility index (Phi) is 6.69. The highest BCUT2D eigenvalue weighted by Gasteiger charge is 2.21. The van der Waals surface area contributed by atoms with Crippen molar-refractivity contribution < 1.29 is 13.2 Å². The number of anilines is 1. The number of carbonyl (C=O) groups excluding carboxylic acids is 1. The van der Waals surface area contributed by atoms with Gasteiger partial charge in [-0.05, 0) is 36.8 Å². The van der Waals surface area contributed by atoms with E-state index in [1.165, 1.54) is 50.8 Å². The molecule has 1 N–H and O–H groups in total. The molecular weight excluding hydrogens is 424 g/mol. The van der Waals surface area contributed by atoms with Crippen molar-refractivity contribution in [2.24, 2.45) is 0 Å². The molecule has 10 heteroatoms. The van der Waals surface area contributed by atoms with Gasteiger partial charge < -0.3 is 5.32 Å². The molecule has 0 aliphatic rings. The molecule has 0 aliphatic carbocycles. The summed E-state index contributed by atoms with van der Waals surface area (Å²) in [6.45, 7) is 6.16. The topological polar surface area (TPSA) is 101 Å². The van der Waals surface area contributed by atoms with Crippen LogP contribution in [-0.4, -0.2) is 41.3 Å². The number of benzene rings is 1. The summed E-state index contributed by atoms with van der Waals surface area (Å²) in [5.41, 5.74) is 0.191. The Morgan fingerprint density at radius 1 is 1.17 bits per heavy atom. The van der Waals surface area contributed by atoms with Crippen LogP contribution in [0.5, 0.6) is 0 Å². The van der Waals surface area contributed by atoms with Crippen molar-refractivity contribution in [1.82, 2.24) is 13.9 Å². The molecule has 2 aromatic heterocycles. The highest BCUT2D eigenvalue weighted by molar-refractivity contribution is 7.89. The Hall–Kier alpha value is -2.56. The number of amides is 1. The number of aryl methyl sites for hydroxylation is 1. The van der Waals surface area contributed by atoms with Crippen LogP contribution in [-0.2, 0) is 27.8 Å². The number of nitrogens with one attached hydrogen (secondary N) is 1. The third-order valence-electron chi connectivity index (χ3n) is 4.71. The fourth-order valence-corrected chi connectivity index (χ4v) is 5.46. The smallest absolute Gasteiger partial charge is 0.262 e. The zero-order valence-electron chi connectivity index (χ0n) is 17.1. The van der Waals surface area contributed by atoms with Gasteiger partial charge in [0.25, 0.3) is 5.56 Å². The van der Waals surface area contributed by atoms with Gasteiger partial charge in [0.15, 0.2) is 0 Å². The highest BCUT2D eigenvalue weighted by atomic mass is 32.2. The van der Waals surface area contributed by atoms with Crippen LogP contribution in [0, 0.1) is 0 Å². The van der Waals surface area contributed by atoms with Gasteiger partial charge in [0.05, 0.1) is 16.6 Å². The normalized spacial score (nSPS) is 11.9. The zero-order valence-corrected chi connectivity index (χ0v) is 18.7. The molecule has 1 aromatic carbocycles. The molecule has 1 amide bonds. The molecule has 0 spiro atoms. The predicted molar refractivity (Wildman–Crippen MR) is 118 cm³/mol. The number of sulfonamides is 1. The molecule has 0 atom stereocenters. The highest BCUT2D eigenvalue weighted by Crippen LogP contribution is 2.21. The lowest BCUT2D eigenvalue weighted by Crippen LogP contribution is -2.30. The van der Waals surface area contributed by atoms with E-state index in [-0.39, 0.29) is 17.0 Å². The second-order valence-electron chi connectivity index (χ2n) is 6.62. The third-order valence-corrected chi connectivity index (χ3v) is 7.96. The van der Waals surface area contributed by atoms with E-state index in [1.54, 1.807) is 13.8 Å². The lowest BCUT2D eigenvalue weighted by molar-refractivity contribution is -0.116. The molecule has 0 bridgehead atoms. The van der Waals surface area contributed by atoms with Gasteiger partial charge in [0, 0.05) is 23.7 Å². The zero-order chi connectivity index (χ0) is 21.9. The molecule has 0 radical (unpaired) electrons. The SMILES string of the molecule is CCc1cc2c(=O)n(CC(=O)Nc3ccc(S(=O)(=O)N(CC)CC)cc3)cnc2s1. The van der Waals surface area contributed by atoms with E-state index in [0.29, 0.717) is 29.0 Å². The van der Waals surface area contributed by atoms with Crippen molar-refractivity contribution in [2.75, 3.05) is 18.4 Å². The van der Waals surface area contributed by atoms with E-state index in [1.807, 2.05) is 13.0 Å². The van der Waals surface area contributed by atoms with Crippen molar-refractivity contribution in [3.05, 3.63) is 51.9 Å². The average molecular weight is 449 g/mol. The quantitative estimate of drug-likeness (QED) is 0.571. The summed E-state index contributed by atoms with van der Waals surface area (Å²) < 4.78 is 27.7. The minimum absolute atomic E-state index is 0.166. The van der Waals surface area contributed by atoms with Crippen molar-refractivity contribution in [3.63, 3.8) is 0 Å². The Morgan fingerprint density at radius 3 is 2.43 bits per heavy atom. The van der Waals surface area contributed by atoms with Crippen LogP contribution in [0.4, 0.5) is 5.69 Å². The molecule has 0 fully saturated rings. The van der Waals surface area contributed by atoms with Gasteiger partial charge in [-0.3, -0.25) is 14.2 Å². The van der Waals surface area contributed by atoms with Crippen molar-refractivity contribution >= 4 is 43.2 Å². The number of carbonyl (C=O) groups is 1. The lowest BCUT2D eigenvalue weighted by atomic mass is 10.3. The lowest BCUT2D eigenvalue weighted by Gasteiger charge is -2.18. The first-order valence-electron chi connectivity index (χ1n) is 9.68. The summed E-state index contributed by atoms with van der Waals surface area (Å²) >= 11 is 1.47. The number of fused-ring (bicyclic) bond motifs is 1. The van der Waals surface area contributed by atoms with Gasteiger partial charge in [0.2, 0.25) is 15.9 Å². The Balaban J connectivity index is 1.73. The summed E-state index contributed by atoms with van der Waals surface area (Å²) in [6.07, 6.45) is 2.20. The number of hydrogen-bond acceptors (Lipinski definition) is 6. The number of aromatic nitrogens is 2. The molecule has 30 heavy (non-hydrogen) atoms.